The Morgan fingerprint density at radius 1 is 1.50 bits per heavy atom. The van der Waals surface area contributed by atoms with Crippen molar-refractivity contribution in [2.45, 2.75) is 6.54 Å². The molecule has 1 aromatic carbocycles. The van der Waals surface area contributed by atoms with Gasteiger partial charge in [-0.05, 0) is 12.1 Å². The second-order valence-electron chi connectivity index (χ2n) is 2.98. The summed E-state index contributed by atoms with van der Waals surface area (Å²) in [5.41, 5.74) is 6.69. The van der Waals surface area contributed by atoms with Crippen LogP contribution in [-0.2, 0) is 11.3 Å². The number of methoxy groups -OCH3 is 2. The van der Waals surface area contributed by atoms with Crippen molar-refractivity contribution in [1.29, 1.82) is 5.26 Å². The summed E-state index contributed by atoms with van der Waals surface area (Å²) in [5, 5.41) is 8.87. The van der Waals surface area contributed by atoms with Gasteiger partial charge in [0.25, 0.3) is 0 Å². The molecule has 0 aliphatic carbocycles. The molecule has 0 amide bonds. The van der Waals surface area contributed by atoms with Gasteiger partial charge in [-0.3, -0.25) is 0 Å². The highest BCUT2D eigenvalue weighted by molar-refractivity contribution is 5.92. The fourth-order valence-electron chi connectivity index (χ4n) is 1.45. The predicted molar refractivity (Wildman–Crippen MR) is 56.9 cm³/mol. The first-order chi connectivity index (χ1) is 7.69. The number of hydrogen-bond acceptors (Lipinski definition) is 5. The van der Waals surface area contributed by atoms with Gasteiger partial charge in [0.15, 0.2) is 0 Å². The SMILES string of the molecule is COC(=O)c1ccc(C#N)c(OC)c1CN. The molecule has 5 nitrogen and oxygen atoms in total. The molecule has 1 rings (SSSR count). The molecule has 84 valence electrons. The van der Waals surface area contributed by atoms with Gasteiger partial charge >= 0.3 is 5.97 Å². The number of nitrogens with zero attached hydrogens (tertiary/aromatic N) is 1. The van der Waals surface area contributed by atoms with Crippen molar-refractivity contribution in [2.75, 3.05) is 14.2 Å². The lowest BCUT2D eigenvalue weighted by molar-refractivity contribution is 0.0599. The summed E-state index contributed by atoms with van der Waals surface area (Å²) in [7, 11) is 2.71. The molecule has 0 saturated heterocycles. The number of rotatable bonds is 3. The Kier molecular flexibility index (Phi) is 3.86. The number of esters is 1. The number of nitriles is 1. The van der Waals surface area contributed by atoms with Crippen LogP contribution in [0.25, 0.3) is 0 Å². The van der Waals surface area contributed by atoms with Crippen LogP contribution < -0.4 is 10.5 Å². The lowest BCUT2D eigenvalue weighted by Gasteiger charge is -2.12. The molecule has 0 aromatic heterocycles. The molecule has 0 heterocycles. The van der Waals surface area contributed by atoms with Crippen LogP contribution in [0.1, 0.15) is 21.5 Å². The molecule has 0 bridgehead atoms. The third-order valence-corrected chi connectivity index (χ3v) is 2.19. The van der Waals surface area contributed by atoms with Gasteiger partial charge in [-0.1, -0.05) is 0 Å². The van der Waals surface area contributed by atoms with Crippen molar-refractivity contribution < 1.29 is 14.3 Å². The molecule has 5 heteroatoms. The fraction of sp³-hybridized carbons (Fsp3) is 0.273. The average molecular weight is 220 g/mol. The number of hydrogen-bond donors (Lipinski definition) is 1. The number of carbonyl (C=O) groups is 1. The number of benzene rings is 1. The van der Waals surface area contributed by atoms with Crippen LogP contribution in [0.15, 0.2) is 12.1 Å². The Bertz CT molecular complexity index is 449. The van der Waals surface area contributed by atoms with Crippen LogP contribution in [-0.4, -0.2) is 20.2 Å². The minimum Gasteiger partial charge on any atom is -0.495 e. The molecule has 0 aliphatic heterocycles. The summed E-state index contributed by atoms with van der Waals surface area (Å²) < 4.78 is 9.70. The number of ether oxygens (including phenoxy) is 2. The van der Waals surface area contributed by atoms with Crippen molar-refractivity contribution in [3.63, 3.8) is 0 Å². The van der Waals surface area contributed by atoms with E-state index in [9.17, 15) is 4.79 Å². The summed E-state index contributed by atoms with van der Waals surface area (Å²) in [4.78, 5) is 11.4. The zero-order valence-corrected chi connectivity index (χ0v) is 9.11. The summed E-state index contributed by atoms with van der Waals surface area (Å²) in [6.07, 6.45) is 0. The zero-order valence-electron chi connectivity index (χ0n) is 9.11. The first-order valence-electron chi connectivity index (χ1n) is 4.57. The maximum Gasteiger partial charge on any atom is 0.338 e. The maximum absolute atomic E-state index is 11.4. The molecule has 0 fully saturated rings. The van der Waals surface area contributed by atoms with Crippen molar-refractivity contribution in [2.24, 2.45) is 5.73 Å². The van der Waals surface area contributed by atoms with Crippen LogP contribution in [0.3, 0.4) is 0 Å². The predicted octanol–water partition coefficient (Wildman–Crippen LogP) is 0.812. The normalized spacial score (nSPS) is 9.38. The first kappa shape index (κ1) is 12.0. The van der Waals surface area contributed by atoms with E-state index >= 15 is 0 Å². The van der Waals surface area contributed by atoms with Gasteiger partial charge < -0.3 is 15.2 Å². The Balaban J connectivity index is 3.44. The monoisotopic (exact) mass is 220 g/mol. The lowest BCUT2D eigenvalue weighted by atomic mass is 10.0. The number of nitrogens with two attached hydrogens (primary N) is 1. The summed E-state index contributed by atoms with van der Waals surface area (Å²) in [6.45, 7) is 0.100. The van der Waals surface area contributed by atoms with Crippen LogP contribution in [0.4, 0.5) is 0 Å². The van der Waals surface area contributed by atoms with Crippen molar-refractivity contribution in [3.8, 4) is 11.8 Å². The molecular formula is C11H12N2O3. The van der Waals surface area contributed by atoms with Crippen molar-refractivity contribution >= 4 is 5.97 Å². The van der Waals surface area contributed by atoms with Gasteiger partial charge in [0.1, 0.15) is 11.8 Å². The molecule has 0 radical (unpaired) electrons. The molecular weight excluding hydrogens is 208 g/mol. The van der Waals surface area contributed by atoms with Gasteiger partial charge in [0.2, 0.25) is 0 Å². The van der Waals surface area contributed by atoms with Gasteiger partial charge in [0.05, 0.1) is 25.3 Å². The highest BCUT2D eigenvalue weighted by Crippen LogP contribution is 2.26. The molecule has 0 saturated carbocycles. The van der Waals surface area contributed by atoms with E-state index in [0.717, 1.165) is 0 Å². The molecule has 0 unspecified atom stereocenters. The van der Waals surface area contributed by atoms with E-state index in [-0.39, 0.29) is 6.54 Å². The minimum atomic E-state index is -0.497. The Labute approximate surface area is 93.4 Å². The highest BCUT2D eigenvalue weighted by Gasteiger charge is 2.18. The molecule has 0 spiro atoms. The van der Waals surface area contributed by atoms with Crippen LogP contribution in [0, 0.1) is 11.3 Å². The van der Waals surface area contributed by atoms with E-state index in [1.165, 1.54) is 26.4 Å². The lowest BCUT2D eigenvalue weighted by Crippen LogP contribution is -2.11. The molecule has 16 heavy (non-hydrogen) atoms. The Morgan fingerprint density at radius 2 is 2.19 bits per heavy atom. The molecule has 1 aromatic rings. The van der Waals surface area contributed by atoms with E-state index in [0.29, 0.717) is 22.4 Å². The van der Waals surface area contributed by atoms with Crippen LogP contribution in [0.5, 0.6) is 5.75 Å². The van der Waals surface area contributed by atoms with Crippen molar-refractivity contribution in [1.82, 2.24) is 0 Å². The third-order valence-electron chi connectivity index (χ3n) is 2.19. The van der Waals surface area contributed by atoms with E-state index in [1.54, 1.807) is 0 Å². The van der Waals surface area contributed by atoms with E-state index in [2.05, 4.69) is 4.74 Å². The van der Waals surface area contributed by atoms with Crippen LogP contribution in [0.2, 0.25) is 0 Å². The average Bonchev–Trinajstić information content (AvgIpc) is 2.35. The molecule has 0 atom stereocenters. The van der Waals surface area contributed by atoms with E-state index in [4.69, 9.17) is 15.7 Å². The maximum atomic E-state index is 11.4. The van der Waals surface area contributed by atoms with Gasteiger partial charge in [-0.2, -0.15) is 5.26 Å². The van der Waals surface area contributed by atoms with Crippen LogP contribution >= 0.6 is 0 Å². The molecule has 2 N–H and O–H groups in total. The largest absolute Gasteiger partial charge is 0.495 e. The van der Waals surface area contributed by atoms with E-state index in [1.807, 2.05) is 6.07 Å². The molecule has 0 aliphatic rings. The van der Waals surface area contributed by atoms with Gasteiger partial charge in [-0.25, -0.2) is 4.79 Å². The quantitative estimate of drug-likeness (QED) is 0.762. The third kappa shape index (κ3) is 1.97. The minimum absolute atomic E-state index is 0.100. The zero-order chi connectivity index (χ0) is 12.1. The van der Waals surface area contributed by atoms with E-state index < -0.39 is 5.97 Å². The summed E-state index contributed by atoms with van der Waals surface area (Å²) in [5.74, 6) is -0.170. The second-order valence-corrected chi connectivity index (χ2v) is 2.98. The summed E-state index contributed by atoms with van der Waals surface area (Å²) in [6, 6.07) is 4.99. The standard InChI is InChI=1S/C11H12N2O3/c1-15-10-7(5-12)3-4-8(9(10)6-13)11(14)16-2/h3-4H,6,13H2,1-2H3. The van der Waals surface area contributed by atoms with Crippen molar-refractivity contribution in [3.05, 3.63) is 28.8 Å². The number of carbonyl (C=O) groups excluding carboxylic acids is 1. The van der Waals surface area contributed by atoms with Gasteiger partial charge in [-0.15, -0.1) is 0 Å². The Hall–Kier alpha value is -2.06. The fourth-order valence-corrected chi connectivity index (χ4v) is 1.45. The topological polar surface area (TPSA) is 85.3 Å². The Morgan fingerprint density at radius 3 is 2.62 bits per heavy atom. The first-order valence-corrected chi connectivity index (χ1v) is 4.57. The second kappa shape index (κ2) is 5.14. The van der Waals surface area contributed by atoms with Gasteiger partial charge in [0, 0.05) is 12.1 Å². The highest BCUT2D eigenvalue weighted by atomic mass is 16.5. The smallest absolute Gasteiger partial charge is 0.338 e. The summed E-state index contributed by atoms with van der Waals surface area (Å²) >= 11 is 0.